The van der Waals surface area contributed by atoms with Gasteiger partial charge in [0, 0.05) is 22.7 Å². The molecule has 1 aromatic heterocycles. The lowest BCUT2D eigenvalue weighted by Gasteiger charge is -2.06. The fourth-order valence-electron chi connectivity index (χ4n) is 2.20. The highest BCUT2D eigenvalue weighted by atomic mass is 19.1. The molecule has 1 heterocycles. The Morgan fingerprint density at radius 2 is 2.00 bits per heavy atom. The van der Waals surface area contributed by atoms with Crippen molar-refractivity contribution in [1.82, 2.24) is 4.98 Å². The van der Waals surface area contributed by atoms with Crippen molar-refractivity contribution in [3.8, 4) is 16.9 Å². The smallest absolute Gasteiger partial charge is 0.197 e. The molecule has 4 heteroatoms. The van der Waals surface area contributed by atoms with Gasteiger partial charge in [-0.05, 0) is 35.9 Å². The Bertz CT molecular complexity index is 839. The minimum Gasteiger partial charge on any atom is -0.497 e. The van der Waals surface area contributed by atoms with Crippen molar-refractivity contribution in [3.63, 3.8) is 0 Å². The third-order valence-corrected chi connectivity index (χ3v) is 3.22. The molecule has 0 fully saturated rings. The lowest BCUT2D eigenvalue weighted by atomic mass is 10.0. The van der Waals surface area contributed by atoms with Crippen molar-refractivity contribution in [3.05, 3.63) is 64.7 Å². The van der Waals surface area contributed by atoms with Gasteiger partial charge in [-0.2, -0.15) is 0 Å². The number of hydrogen-bond acceptors (Lipinski definition) is 2. The normalized spacial score (nSPS) is 10.7. The zero-order valence-corrected chi connectivity index (χ0v) is 10.8. The minimum atomic E-state index is -0.425. The fourth-order valence-corrected chi connectivity index (χ4v) is 2.20. The van der Waals surface area contributed by atoms with Crippen LogP contribution in [0.1, 0.15) is 0 Å². The predicted molar refractivity (Wildman–Crippen MR) is 76.5 cm³/mol. The summed E-state index contributed by atoms with van der Waals surface area (Å²) in [4.78, 5) is 15.5. The largest absolute Gasteiger partial charge is 0.497 e. The molecule has 0 saturated heterocycles. The molecule has 0 radical (unpaired) electrons. The molecule has 0 saturated carbocycles. The second kappa shape index (κ2) is 4.81. The van der Waals surface area contributed by atoms with E-state index in [4.69, 9.17) is 4.74 Å². The van der Waals surface area contributed by atoms with Gasteiger partial charge in [0.25, 0.3) is 0 Å². The van der Waals surface area contributed by atoms with E-state index in [0.29, 0.717) is 22.2 Å². The Hall–Kier alpha value is -2.62. The Morgan fingerprint density at radius 1 is 1.15 bits per heavy atom. The summed E-state index contributed by atoms with van der Waals surface area (Å²) in [7, 11) is 1.57. The molecule has 0 atom stereocenters. The van der Waals surface area contributed by atoms with E-state index in [1.54, 1.807) is 31.5 Å². The van der Waals surface area contributed by atoms with Crippen molar-refractivity contribution in [1.29, 1.82) is 0 Å². The number of aromatic nitrogens is 1. The van der Waals surface area contributed by atoms with E-state index in [2.05, 4.69) is 4.98 Å². The molecular formula is C16H12FNO2. The number of benzene rings is 2. The Balaban J connectivity index is 2.26. The average Bonchev–Trinajstić information content (AvgIpc) is 2.48. The molecule has 100 valence electrons. The van der Waals surface area contributed by atoms with Crippen molar-refractivity contribution in [2.45, 2.75) is 0 Å². The number of pyridine rings is 1. The number of nitrogens with one attached hydrogen (secondary N) is 1. The van der Waals surface area contributed by atoms with Crippen LogP contribution in [-0.4, -0.2) is 12.1 Å². The first-order valence-corrected chi connectivity index (χ1v) is 6.14. The average molecular weight is 269 g/mol. The molecule has 2 aromatic carbocycles. The van der Waals surface area contributed by atoms with Crippen LogP contribution in [0.25, 0.3) is 22.0 Å². The summed E-state index contributed by atoms with van der Waals surface area (Å²) in [6, 6.07) is 11.3. The first-order valence-electron chi connectivity index (χ1n) is 6.14. The zero-order valence-electron chi connectivity index (χ0n) is 10.8. The molecule has 0 aliphatic rings. The highest BCUT2D eigenvalue weighted by Gasteiger charge is 2.08. The summed E-state index contributed by atoms with van der Waals surface area (Å²) in [5.41, 5.74) is 1.63. The van der Waals surface area contributed by atoms with Crippen LogP contribution in [0.4, 0.5) is 4.39 Å². The maximum absolute atomic E-state index is 13.3. The van der Waals surface area contributed by atoms with E-state index in [1.165, 1.54) is 12.1 Å². The summed E-state index contributed by atoms with van der Waals surface area (Å²) in [6.45, 7) is 0. The van der Waals surface area contributed by atoms with E-state index in [0.717, 1.165) is 5.56 Å². The van der Waals surface area contributed by atoms with Gasteiger partial charge in [0.2, 0.25) is 0 Å². The lowest BCUT2D eigenvalue weighted by molar-refractivity contribution is 0.415. The quantitative estimate of drug-likeness (QED) is 0.775. The first-order chi connectivity index (χ1) is 9.69. The number of hydrogen-bond donors (Lipinski definition) is 1. The molecule has 3 aromatic rings. The number of methoxy groups -OCH3 is 1. The minimum absolute atomic E-state index is 0.202. The molecule has 0 aliphatic heterocycles. The highest BCUT2D eigenvalue weighted by molar-refractivity contribution is 5.83. The standard InChI is InChI=1S/C16H12FNO2/c1-20-12-4-2-3-10(7-12)14-9-18-15-6-5-11(17)8-13(15)16(14)19/h2-9H,1H3,(H,18,19). The van der Waals surface area contributed by atoms with E-state index in [-0.39, 0.29) is 5.43 Å². The van der Waals surface area contributed by atoms with E-state index in [1.807, 2.05) is 12.1 Å². The van der Waals surface area contributed by atoms with Gasteiger partial charge in [-0.1, -0.05) is 12.1 Å². The predicted octanol–water partition coefficient (Wildman–Crippen LogP) is 3.34. The third-order valence-electron chi connectivity index (χ3n) is 3.22. The zero-order chi connectivity index (χ0) is 14.1. The Kier molecular flexibility index (Phi) is 2.99. The molecule has 0 bridgehead atoms. The molecule has 1 N–H and O–H groups in total. The molecule has 0 amide bonds. The van der Waals surface area contributed by atoms with Crippen molar-refractivity contribution in [2.24, 2.45) is 0 Å². The summed E-state index contributed by atoms with van der Waals surface area (Å²) in [6.07, 6.45) is 1.64. The van der Waals surface area contributed by atoms with Crippen molar-refractivity contribution >= 4 is 10.9 Å². The topological polar surface area (TPSA) is 42.1 Å². The lowest BCUT2D eigenvalue weighted by Crippen LogP contribution is -2.06. The molecule has 0 unspecified atom stereocenters. The Morgan fingerprint density at radius 3 is 2.80 bits per heavy atom. The monoisotopic (exact) mass is 269 g/mol. The van der Waals surface area contributed by atoms with Crippen LogP contribution in [0.5, 0.6) is 5.75 Å². The SMILES string of the molecule is COc1cccc(-c2c[nH]c3ccc(F)cc3c2=O)c1. The van der Waals surface area contributed by atoms with Gasteiger partial charge in [0.15, 0.2) is 5.43 Å². The number of aromatic amines is 1. The summed E-state index contributed by atoms with van der Waals surface area (Å²) in [5, 5.41) is 0.338. The van der Waals surface area contributed by atoms with Crippen molar-refractivity contribution in [2.75, 3.05) is 7.11 Å². The van der Waals surface area contributed by atoms with Crippen molar-refractivity contribution < 1.29 is 9.13 Å². The van der Waals surface area contributed by atoms with Crippen LogP contribution in [0.2, 0.25) is 0 Å². The maximum atomic E-state index is 13.3. The van der Waals surface area contributed by atoms with E-state index in [9.17, 15) is 9.18 Å². The van der Waals surface area contributed by atoms with Gasteiger partial charge >= 0.3 is 0 Å². The molecule has 0 aliphatic carbocycles. The molecule has 20 heavy (non-hydrogen) atoms. The molecule has 0 spiro atoms. The molecular weight excluding hydrogens is 257 g/mol. The van der Waals surface area contributed by atoms with Gasteiger partial charge in [-0.3, -0.25) is 4.79 Å². The third kappa shape index (κ3) is 2.05. The highest BCUT2D eigenvalue weighted by Crippen LogP contribution is 2.22. The van der Waals surface area contributed by atoms with Crippen LogP contribution < -0.4 is 10.2 Å². The maximum Gasteiger partial charge on any atom is 0.197 e. The number of H-pyrrole nitrogens is 1. The second-order valence-corrected chi connectivity index (χ2v) is 4.45. The molecule has 3 nitrogen and oxygen atoms in total. The van der Waals surface area contributed by atoms with Gasteiger partial charge in [-0.15, -0.1) is 0 Å². The van der Waals surface area contributed by atoms with Crippen LogP contribution in [-0.2, 0) is 0 Å². The number of fused-ring (bicyclic) bond motifs is 1. The van der Waals surface area contributed by atoms with Crippen LogP contribution in [0.15, 0.2) is 53.5 Å². The van der Waals surface area contributed by atoms with Gasteiger partial charge in [0.05, 0.1) is 7.11 Å². The Labute approximate surface area is 114 Å². The number of halogens is 1. The second-order valence-electron chi connectivity index (χ2n) is 4.45. The summed E-state index contributed by atoms with van der Waals surface area (Å²) >= 11 is 0. The molecule has 3 rings (SSSR count). The number of rotatable bonds is 2. The van der Waals surface area contributed by atoms with Crippen LogP contribution in [0.3, 0.4) is 0 Å². The fraction of sp³-hybridized carbons (Fsp3) is 0.0625. The van der Waals surface area contributed by atoms with Crippen LogP contribution >= 0.6 is 0 Å². The van der Waals surface area contributed by atoms with Gasteiger partial charge in [0.1, 0.15) is 11.6 Å². The van der Waals surface area contributed by atoms with E-state index < -0.39 is 5.82 Å². The first kappa shape index (κ1) is 12.4. The summed E-state index contributed by atoms with van der Waals surface area (Å²) in [5.74, 6) is 0.243. The van der Waals surface area contributed by atoms with Gasteiger partial charge < -0.3 is 9.72 Å². The summed E-state index contributed by atoms with van der Waals surface area (Å²) < 4.78 is 18.4. The van der Waals surface area contributed by atoms with Crippen LogP contribution in [0, 0.1) is 5.82 Å². The van der Waals surface area contributed by atoms with Gasteiger partial charge in [-0.25, -0.2) is 4.39 Å². The number of ether oxygens (including phenoxy) is 1. The van der Waals surface area contributed by atoms with E-state index >= 15 is 0 Å².